The normalized spacial score (nSPS) is 22.0. The third-order valence-corrected chi connectivity index (χ3v) is 3.51. The molecule has 0 bridgehead atoms. The van der Waals surface area contributed by atoms with E-state index in [-0.39, 0.29) is 12.1 Å². The first-order valence-electron chi connectivity index (χ1n) is 7.27. The maximum absolute atomic E-state index is 12.1. The van der Waals surface area contributed by atoms with Gasteiger partial charge in [0.15, 0.2) is 0 Å². The number of hydrogen-bond acceptors (Lipinski definition) is 4. The summed E-state index contributed by atoms with van der Waals surface area (Å²) in [7, 11) is 0. The zero-order valence-electron chi connectivity index (χ0n) is 13.1. The molecule has 1 aromatic rings. The van der Waals surface area contributed by atoms with Crippen LogP contribution < -0.4 is 10.8 Å². The van der Waals surface area contributed by atoms with E-state index >= 15 is 0 Å². The number of rotatable bonds is 2. The Morgan fingerprint density at radius 3 is 2.22 bits per heavy atom. The number of carbonyl (C=O) groups is 1. The molecule has 8 heteroatoms. The van der Waals surface area contributed by atoms with Crippen molar-refractivity contribution in [3.05, 3.63) is 35.9 Å². The zero-order valence-corrected chi connectivity index (χ0v) is 13.1. The Labute approximate surface area is 133 Å². The number of hydrogen-bond donors (Lipinski definition) is 3. The molecule has 1 amide bonds. The number of hydroxylamine groups is 1. The minimum absolute atomic E-state index is 0.0367. The van der Waals surface area contributed by atoms with Crippen LogP contribution >= 0.6 is 0 Å². The summed E-state index contributed by atoms with van der Waals surface area (Å²) in [5, 5.41) is 11.3. The number of benzene rings is 1. The summed E-state index contributed by atoms with van der Waals surface area (Å²) >= 11 is 0. The molecule has 0 aliphatic carbocycles. The Hall–Kier alpha value is -1.64. The second kappa shape index (κ2) is 8.85. The Balaban J connectivity index is 0.000000238. The van der Waals surface area contributed by atoms with Gasteiger partial charge in [-0.3, -0.25) is 14.9 Å². The standard InChI is InChI=1S/C8H15F3N2.C7H7NO2/c1-6-3-12-4-7(2)13(6)5-8(9,10)11;9-7(8-10)6-4-2-1-3-5-6/h6-7,12H,3-5H2,1-2H3;1-5,10H,(H,8,9)/t6-,7+;. The molecule has 1 heterocycles. The molecule has 2 atom stereocenters. The zero-order chi connectivity index (χ0) is 17.5. The van der Waals surface area contributed by atoms with E-state index in [1.807, 2.05) is 13.8 Å². The number of alkyl halides is 3. The molecule has 130 valence electrons. The highest BCUT2D eigenvalue weighted by Crippen LogP contribution is 2.20. The summed E-state index contributed by atoms with van der Waals surface area (Å²) in [6.45, 7) is 4.11. The predicted molar refractivity (Wildman–Crippen MR) is 80.2 cm³/mol. The Kier molecular flexibility index (Phi) is 7.47. The van der Waals surface area contributed by atoms with Gasteiger partial charge in [0, 0.05) is 30.7 Å². The van der Waals surface area contributed by atoms with Crippen molar-refractivity contribution in [2.45, 2.75) is 32.1 Å². The minimum atomic E-state index is -4.08. The molecule has 0 aromatic heterocycles. The van der Waals surface area contributed by atoms with E-state index in [1.54, 1.807) is 35.8 Å². The highest BCUT2D eigenvalue weighted by Gasteiger charge is 2.36. The van der Waals surface area contributed by atoms with Crippen molar-refractivity contribution < 1.29 is 23.2 Å². The number of nitrogens with zero attached hydrogens (tertiary/aromatic N) is 1. The largest absolute Gasteiger partial charge is 0.401 e. The van der Waals surface area contributed by atoms with Crippen molar-refractivity contribution in [1.82, 2.24) is 15.7 Å². The fourth-order valence-electron chi connectivity index (χ4n) is 2.34. The van der Waals surface area contributed by atoms with Crippen LogP contribution in [-0.2, 0) is 0 Å². The molecular weight excluding hydrogens is 311 g/mol. The first-order chi connectivity index (χ1) is 10.7. The van der Waals surface area contributed by atoms with Crippen LogP contribution in [0.25, 0.3) is 0 Å². The lowest BCUT2D eigenvalue weighted by atomic mass is 10.1. The van der Waals surface area contributed by atoms with E-state index in [9.17, 15) is 18.0 Å². The fourth-order valence-corrected chi connectivity index (χ4v) is 2.34. The first-order valence-corrected chi connectivity index (χ1v) is 7.27. The molecule has 1 aliphatic rings. The topological polar surface area (TPSA) is 64.6 Å². The lowest BCUT2D eigenvalue weighted by Gasteiger charge is -2.39. The molecule has 23 heavy (non-hydrogen) atoms. The molecular formula is C15H22F3N3O2. The molecule has 0 unspecified atom stereocenters. The van der Waals surface area contributed by atoms with E-state index in [0.29, 0.717) is 18.7 Å². The number of halogens is 3. The second-order valence-corrected chi connectivity index (χ2v) is 5.45. The molecule has 3 N–H and O–H groups in total. The molecule has 0 radical (unpaired) electrons. The molecule has 1 saturated heterocycles. The third-order valence-electron chi connectivity index (χ3n) is 3.51. The van der Waals surface area contributed by atoms with Gasteiger partial charge in [-0.25, -0.2) is 5.48 Å². The van der Waals surface area contributed by atoms with Gasteiger partial charge >= 0.3 is 6.18 Å². The molecule has 5 nitrogen and oxygen atoms in total. The number of nitrogens with one attached hydrogen (secondary N) is 2. The van der Waals surface area contributed by atoms with Gasteiger partial charge in [0.05, 0.1) is 6.54 Å². The van der Waals surface area contributed by atoms with Crippen molar-refractivity contribution in [2.24, 2.45) is 0 Å². The van der Waals surface area contributed by atoms with Crippen molar-refractivity contribution in [1.29, 1.82) is 0 Å². The maximum Gasteiger partial charge on any atom is 0.401 e. The average molecular weight is 333 g/mol. The molecule has 1 aromatic carbocycles. The van der Waals surface area contributed by atoms with Gasteiger partial charge in [-0.15, -0.1) is 0 Å². The molecule has 2 rings (SSSR count). The van der Waals surface area contributed by atoms with Gasteiger partial charge in [0.1, 0.15) is 0 Å². The van der Waals surface area contributed by atoms with Crippen LogP contribution in [0.2, 0.25) is 0 Å². The van der Waals surface area contributed by atoms with E-state index in [2.05, 4.69) is 5.32 Å². The minimum Gasteiger partial charge on any atom is -0.314 e. The second-order valence-electron chi connectivity index (χ2n) is 5.45. The highest BCUT2D eigenvalue weighted by atomic mass is 19.4. The molecule has 0 spiro atoms. The van der Waals surface area contributed by atoms with Crippen LogP contribution in [0.3, 0.4) is 0 Å². The number of piperazine rings is 1. The fraction of sp³-hybridized carbons (Fsp3) is 0.533. The quantitative estimate of drug-likeness (QED) is 0.572. The van der Waals surface area contributed by atoms with Gasteiger partial charge in [-0.05, 0) is 26.0 Å². The summed E-state index contributed by atoms with van der Waals surface area (Å²) in [6.07, 6.45) is -4.08. The average Bonchev–Trinajstić information content (AvgIpc) is 2.51. The van der Waals surface area contributed by atoms with Gasteiger partial charge in [0.2, 0.25) is 0 Å². The summed E-state index contributed by atoms with van der Waals surface area (Å²) in [6, 6.07) is 8.41. The van der Waals surface area contributed by atoms with Crippen LogP contribution in [0.5, 0.6) is 0 Å². The SMILES string of the molecule is C[C@@H]1CNC[C@H](C)N1CC(F)(F)F.O=C(NO)c1ccccc1. The van der Waals surface area contributed by atoms with Gasteiger partial charge in [-0.1, -0.05) is 18.2 Å². The Bertz CT molecular complexity index is 473. The molecule has 1 aliphatic heterocycles. The summed E-state index contributed by atoms with van der Waals surface area (Å²) < 4.78 is 36.4. The van der Waals surface area contributed by atoms with Crippen LogP contribution in [0.15, 0.2) is 30.3 Å². The summed E-state index contributed by atoms with van der Waals surface area (Å²) in [5.74, 6) is -0.486. The predicted octanol–water partition coefficient (Wildman–Crippen LogP) is 2.04. The maximum atomic E-state index is 12.1. The summed E-state index contributed by atoms with van der Waals surface area (Å²) in [5.41, 5.74) is 1.99. The lowest BCUT2D eigenvalue weighted by Crippen LogP contribution is -2.57. The van der Waals surface area contributed by atoms with Crippen molar-refractivity contribution in [3.8, 4) is 0 Å². The number of amides is 1. The van der Waals surface area contributed by atoms with Crippen LogP contribution in [-0.4, -0.2) is 53.9 Å². The van der Waals surface area contributed by atoms with Crippen molar-refractivity contribution in [2.75, 3.05) is 19.6 Å². The van der Waals surface area contributed by atoms with Crippen molar-refractivity contribution in [3.63, 3.8) is 0 Å². The monoisotopic (exact) mass is 333 g/mol. The van der Waals surface area contributed by atoms with Gasteiger partial charge < -0.3 is 5.32 Å². The number of carbonyl (C=O) groups excluding carboxylic acids is 1. The van der Waals surface area contributed by atoms with Crippen LogP contribution in [0.1, 0.15) is 24.2 Å². The van der Waals surface area contributed by atoms with Crippen LogP contribution in [0.4, 0.5) is 13.2 Å². The summed E-state index contributed by atoms with van der Waals surface area (Å²) in [4.78, 5) is 12.1. The van der Waals surface area contributed by atoms with E-state index in [1.165, 1.54) is 4.90 Å². The van der Waals surface area contributed by atoms with Crippen molar-refractivity contribution >= 4 is 5.91 Å². The van der Waals surface area contributed by atoms with Gasteiger partial charge in [-0.2, -0.15) is 13.2 Å². The lowest BCUT2D eigenvalue weighted by molar-refractivity contribution is -0.157. The highest BCUT2D eigenvalue weighted by molar-refractivity contribution is 5.93. The molecule has 1 fully saturated rings. The Morgan fingerprint density at radius 2 is 1.78 bits per heavy atom. The van der Waals surface area contributed by atoms with Crippen LogP contribution in [0, 0.1) is 0 Å². The van der Waals surface area contributed by atoms with E-state index in [4.69, 9.17) is 5.21 Å². The first kappa shape index (κ1) is 19.4. The Morgan fingerprint density at radius 1 is 1.26 bits per heavy atom. The smallest absolute Gasteiger partial charge is 0.314 e. The third kappa shape index (κ3) is 6.98. The van der Waals surface area contributed by atoms with E-state index < -0.39 is 18.6 Å². The van der Waals surface area contributed by atoms with E-state index in [0.717, 1.165) is 0 Å². The molecule has 0 saturated carbocycles. The van der Waals surface area contributed by atoms with Gasteiger partial charge in [0.25, 0.3) is 5.91 Å².